The van der Waals surface area contributed by atoms with E-state index in [9.17, 15) is 4.79 Å². The number of fused-ring (bicyclic) bond motifs is 1. The van der Waals surface area contributed by atoms with Crippen molar-refractivity contribution >= 4 is 5.78 Å². The van der Waals surface area contributed by atoms with Gasteiger partial charge in [-0.15, -0.1) is 0 Å². The van der Waals surface area contributed by atoms with Crippen molar-refractivity contribution in [3.63, 3.8) is 0 Å². The second-order valence-electron chi connectivity index (χ2n) is 5.81. The minimum atomic E-state index is 0.363. The van der Waals surface area contributed by atoms with Crippen molar-refractivity contribution in [3.8, 4) is 0 Å². The number of hydrogen-bond acceptors (Lipinski definition) is 2. The van der Waals surface area contributed by atoms with Gasteiger partial charge in [-0.1, -0.05) is 13.8 Å². The van der Waals surface area contributed by atoms with Crippen LogP contribution in [0, 0.1) is 17.3 Å². The third-order valence-corrected chi connectivity index (χ3v) is 4.19. The first-order chi connectivity index (χ1) is 6.49. The van der Waals surface area contributed by atoms with E-state index in [-0.39, 0.29) is 0 Å². The van der Waals surface area contributed by atoms with Crippen LogP contribution < -0.4 is 0 Å². The molecule has 2 heteroatoms. The zero-order valence-corrected chi connectivity index (χ0v) is 9.55. The number of carbonyl (C=O) groups excluding carboxylic acids is 1. The van der Waals surface area contributed by atoms with Crippen molar-refractivity contribution in [3.05, 3.63) is 0 Å². The molecule has 0 radical (unpaired) electrons. The second kappa shape index (κ2) is 3.34. The molecule has 1 saturated carbocycles. The molecule has 2 atom stereocenters. The van der Waals surface area contributed by atoms with Crippen molar-refractivity contribution in [1.29, 1.82) is 0 Å². The lowest BCUT2D eigenvalue weighted by Gasteiger charge is -2.32. The van der Waals surface area contributed by atoms with E-state index in [1.54, 1.807) is 0 Å². The van der Waals surface area contributed by atoms with Crippen molar-refractivity contribution in [2.75, 3.05) is 20.1 Å². The first kappa shape index (κ1) is 10.2. The maximum Gasteiger partial charge on any atom is 0.133 e. The largest absolute Gasteiger partial charge is 0.306 e. The number of rotatable bonds is 0. The van der Waals surface area contributed by atoms with Gasteiger partial charge in [0.05, 0.1) is 0 Å². The van der Waals surface area contributed by atoms with Gasteiger partial charge in [0.2, 0.25) is 0 Å². The van der Waals surface area contributed by atoms with E-state index in [2.05, 4.69) is 25.8 Å². The number of carbonyl (C=O) groups is 1. The highest BCUT2D eigenvalue weighted by atomic mass is 16.1. The zero-order chi connectivity index (χ0) is 10.3. The summed E-state index contributed by atoms with van der Waals surface area (Å²) in [6.07, 6.45) is 2.90. The molecule has 2 fully saturated rings. The van der Waals surface area contributed by atoms with E-state index in [4.69, 9.17) is 0 Å². The average molecular weight is 195 g/mol. The lowest BCUT2D eigenvalue weighted by Crippen LogP contribution is -2.27. The topological polar surface area (TPSA) is 20.3 Å². The Morgan fingerprint density at radius 2 is 2.07 bits per heavy atom. The molecule has 0 N–H and O–H groups in total. The molecule has 2 unspecified atom stereocenters. The molecule has 0 amide bonds. The summed E-state index contributed by atoms with van der Waals surface area (Å²) >= 11 is 0. The number of hydrogen-bond donors (Lipinski definition) is 0. The maximum atomic E-state index is 11.5. The molecule has 0 aromatic heterocycles. The Kier molecular flexibility index (Phi) is 2.42. The third-order valence-electron chi connectivity index (χ3n) is 4.19. The predicted molar refractivity (Wildman–Crippen MR) is 57.1 cm³/mol. The van der Waals surface area contributed by atoms with E-state index < -0.39 is 0 Å². The summed E-state index contributed by atoms with van der Waals surface area (Å²) in [4.78, 5) is 13.9. The predicted octanol–water partition coefficient (Wildman–Crippen LogP) is 1.94. The van der Waals surface area contributed by atoms with Gasteiger partial charge in [-0.25, -0.2) is 0 Å². The van der Waals surface area contributed by atoms with Crippen LogP contribution in [0.15, 0.2) is 0 Å². The van der Waals surface area contributed by atoms with Crippen LogP contribution in [-0.4, -0.2) is 30.8 Å². The van der Waals surface area contributed by atoms with Gasteiger partial charge >= 0.3 is 0 Å². The van der Waals surface area contributed by atoms with Gasteiger partial charge < -0.3 is 4.90 Å². The molecule has 0 spiro atoms. The number of ketones is 1. The molecular formula is C12H21NO. The first-order valence-electron chi connectivity index (χ1n) is 5.69. The summed E-state index contributed by atoms with van der Waals surface area (Å²) in [6, 6.07) is 0. The van der Waals surface area contributed by atoms with Crippen molar-refractivity contribution in [2.45, 2.75) is 33.1 Å². The Balaban J connectivity index is 2.20. The van der Waals surface area contributed by atoms with Crippen LogP contribution >= 0.6 is 0 Å². The van der Waals surface area contributed by atoms with E-state index in [1.165, 1.54) is 13.0 Å². The molecule has 80 valence electrons. The van der Waals surface area contributed by atoms with Gasteiger partial charge in [-0.2, -0.15) is 0 Å². The molecule has 1 saturated heterocycles. The van der Waals surface area contributed by atoms with Crippen molar-refractivity contribution in [1.82, 2.24) is 4.90 Å². The standard InChI is InChI=1S/C12H21NO/c1-12(2)4-5-13(3)8-9-6-10(14)7-11(9)12/h9,11H,4-8H2,1-3H3. The summed E-state index contributed by atoms with van der Waals surface area (Å²) in [6.45, 7) is 6.99. The van der Waals surface area contributed by atoms with Crippen molar-refractivity contribution in [2.24, 2.45) is 17.3 Å². The second-order valence-corrected chi connectivity index (χ2v) is 5.81. The summed E-state index contributed by atoms with van der Waals surface area (Å²) in [5.74, 6) is 1.76. The summed E-state index contributed by atoms with van der Waals surface area (Å²) in [7, 11) is 2.18. The van der Waals surface area contributed by atoms with Crippen LogP contribution in [0.1, 0.15) is 33.1 Å². The van der Waals surface area contributed by atoms with Crippen LogP contribution in [0.2, 0.25) is 0 Å². The van der Waals surface area contributed by atoms with Crippen LogP contribution in [0.5, 0.6) is 0 Å². The van der Waals surface area contributed by atoms with E-state index in [0.717, 1.165) is 19.4 Å². The molecule has 0 aromatic carbocycles. The van der Waals surface area contributed by atoms with Gasteiger partial charge in [0.25, 0.3) is 0 Å². The third kappa shape index (κ3) is 1.72. The normalized spacial score (nSPS) is 38.1. The fourth-order valence-corrected chi connectivity index (χ4v) is 3.19. The lowest BCUT2D eigenvalue weighted by molar-refractivity contribution is -0.118. The van der Waals surface area contributed by atoms with Gasteiger partial charge in [0, 0.05) is 19.4 Å². The molecule has 2 rings (SSSR count). The zero-order valence-electron chi connectivity index (χ0n) is 9.55. The summed E-state index contributed by atoms with van der Waals surface area (Å²) in [5.41, 5.74) is 0.363. The Hall–Kier alpha value is -0.370. The lowest BCUT2D eigenvalue weighted by atomic mass is 9.72. The fourth-order valence-electron chi connectivity index (χ4n) is 3.19. The molecule has 14 heavy (non-hydrogen) atoms. The van der Waals surface area contributed by atoms with Crippen molar-refractivity contribution < 1.29 is 4.79 Å². The van der Waals surface area contributed by atoms with Gasteiger partial charge in [-0.05, 0) is 37.3 Å². The number of nitrogens with zero attached hydrogens (tertiary/aromatic N) is 1. The van der Waals surface area contributed by atoms with E-state index in [0.29, 0.717) is 23.0 Å². The fraction of sp³-hybridized carbons (Fsp3) is 0.917. The van der Waals surface area contributed by atoms with Crippen LogP contribution in [-0.2, 0) is 4.79 Å². The van der Waals surface area contributed by atoms with Crippen LogP contribution in [0.4, 0.5) is 0 Å². The molecule has 0 bridgehead atoms. The molecule has 2 aliphatic rings. The molecular weight excluding hydrogens is 174 g/mol. The molecule has 2 nitrogen and oxygen atoms in total. The highest BCUT2D eigenvalue weighted by molar-refractivity contribution is 5.81. The number of Topliss-reactive ketones (excluding diaryl/α,β-unsaturated/α-hetero) is 1. The van der Waals surface area contributed by atoms with Gasteiger partial charge in [-0.3, -0.25) is 4.79 Å². The van der Waals surface area contributed by atoms with E-state index >= 15 is 0 Å². The average Bonchev–Trinajstić information content (AvgIpc) is 2.40. The Morgan fingerprint density at radius 3 is 2.79 bits per heavy atom. The highest BCUT2D eigenvalue weighted by Crippen LogP contribution is 2.46. The smallest absolute Gasteiger partial charge is 0.133 e. The van der Waals surface area contributed by atoms with Gasteiger partial charge in [0.1, 0.15) is 5.78 Å². The Morgan fingerprint density at radius 1 is 1.36 bits per heavy atom. The number of likely N-dealkylation sites (tertiary alicyclic amines) is 1. The SMILES string of the molecule is CN1CCC(C)(C)C2CC(=O)CC2C1. The molecule has 1 aliphatic carbocycles. The molecule has 1 heterocycles. The maximum absolute atomic E-state index is 11.5. The molecule has 0 aromatic rings. The van der Waals surface area contributed by atoms with Crippen LogP contribution in [0.25, 0.3) is 0 Å². The minimum Gasteiger partial charge on any atom is -0.306 e. The van der Waals surface area contributed by atoms with Gasteiger partial charge in [0.15, 0.2) is 0 Å². The summed E-state index contributed by atoms with van der Waals surface area (Å²) in [5, 5.41) is 0. The summed E-state index contributed by atoms with van der Waals surface area (Å²) < 4.78 is 0. The Bertz CT molecular complexity index is 247. The Labute approximate surface area is 86.7 Å². The first-order valence-corrected chi connectivity index (χ1v) is 5.69. The van der Waals surface area contributed by atoms with Crippen LogP contribution in [0.3, 0.4) is 0 Å². The highest BCUT2D eigenvalue weighted by Gasteiger charge is 2.44. The van der Waals surface area contributed by atoms with E-state index in [1.807, 2.05) is 0 Å². The monoisotopic (exact) mass is 195 g/mol. The minimum absolute atomic E-state index is 0.363. The molecule has 1 aliphatic heterocycles. The quantitative estimate of drug-likeness (QED) is 0.589.